The van der Waals surface area contributed by atoms with E-state index in [1.807, 2.05) is 19.2 Å². The third-order valence-corrected chi connectivity index (χ3v) is 4.58. The van der Waals surface area contributed by atoms with Crippen LogP contribution in [-0.2, 0) is 16.6 Å². The van der Waals surface area contributed by atoms with Gasteiger partial charge in [-0.3, -0.25) is 4.72 Å². The fraction of sp³-hybridized carbons (Fsp3) is 0.333. The molecule has 0 saturated heterocycles. The van der Waals surface area contributed by atoms with Crippen LogP contribution >= 0.6 is 0 Å². The summed E-state index contributed by atoms with van der Waals surface area (Å²) in [7, 11) is -1.74. The van der Waals surface area contributed by atoms with Crippen LogP contribution in [-0.4, -0.2) is 20.4 Å². The lowest BCUT2D eigenvalue weighted by molar-refractivity contribution is 0.601. The van der Waals surface area contributed by atoms with Crippen LogP contribution in [0.5, 0.6) is 0 Å². The van der Waals surface area contributed by atoms with Gasteiger partial charge in [-0.2, -0.15) is 0 Å². The Kier molecular flexibility index (Phi) is 4.69. The first-order chi connectivity index (χ1) is 9.92. The maximum atomic E-state index is 12.3. The van der Waals surface area contributed by atoms with Crippen LogP contribution in [0.3, 0.4) is 0 Å². The molecule has 0 fully saturated rings. The van der Waals surface area contributed by atoms with E-state index in [9.17, 15) is 8.42 Å². The number of rotatable bonds is 6. The van der Waals surface area contributed by atoms with E-state index in [1.165, 1.54) is 11.8 Å². The Hall–Kier alpha value is -1.79. The van der Waals surface area contributed by atoms with Crippen LogP contribution in [0, 0.1) is 0 Å². The summed E-state index contributed by atoms with van der Waals surface area (Å²) in [5.41, 5.74) is 2.57. The molecule has 1 heterocycles. The van der Waals surface area contributed by atoms with Crippen molar-refractivity contribution in [1.82, 2.24) is 10.3 Å². The Labute approximate surface area is 125 Å². The monoisotopic (exact) mass is 307 g/mol. The molecule has 21 heavy (non-hydrogen) atoms. The van der Waals surface area contributed by atoms with Gasteiger partial charge in [-0.1, -0.05) is 26.0 Å². The zero-order chi connectivity index (χ0) is 15.5. The van der Waals surface area contributed by atoms with E-state index in [0.29, 0.717) is 18.2 Å². The summed E-state index contributed by atoms with van der Waals surface area (Å²) in [6.07, 6.45) is 1.50. The van der Waals surface area contributed by atoms with Crippen LogP contribution < -0.4 is 10.0 Å². The summed E-state index contributed by atoms with van der Waals surface area (Å²) in [4.78, 5) is 3.18. The molecule has 1 aromatic carbocycles. The Morgan fingerprint density at radius 2 is 1.86 bits per heavy atom. The average Bonchev–Trinajstić information content (AvgIpc) is 2.89. The normalized spacial score (nSPS) is 11.8. The van der Waals surface area contributed by atoms with Crippen LogP contribution in [0.2, 0.25) is 0 Å². The second kappa shape index (κ2) is 6.32. The molecule has 6 heteroatoms. The zero-order valence-electron chi connectivity index (χ0n) is 12.5. The molecule has 0 aliphatic carbocycles. The molecule has 0 bridgehead atoms. The summed E-state index contributed by atoms with van der Waals surface area (Å²) in [6.45, 7) is 4.79. The molecule has 3 N–H and O–H groups in total. The van der Waals surface area contributed by atoms with Crippen LogP contribution in [0.25, 0.3) is 0 Å². The molecule has 0 aliphatic heterocycles. The highest BCUT2D eigenvalue weighted by atomic mass is 32.2. The van der Waals surface area contributed by atoms with Gasteiger partial charge < -0.3 is 10.3 Å². The molecular weight excluding hydrogens is 286 g/mol. The summed E-state index contributed by atoms with van der Waals surface area (Å²) < 4.78 is 27.2. The highest BCUT2D eigenvalue weighted by Crippen LogP contribution is 2.20. The molecule has 1 aromatic heterocycles. The summed E-state index contributed by atoms with van der Waals surface area (Å²) in [5, 5.41) is 2.97. The van der Waals surface area contributed by atoms with Crippen molar-refractivity contribution in [2.24, 2.45) is 0 Å². The van der Waals surface area contributed by atoms with Gasteiger partial charge in [-0.05, 0) is 36.7 Å². The minimum Gasteiger partial charge on any atom is -0.363 e. The Morgan fingerprint density at radius 1 is 1.19 bits per heavy atom. The third-order valence-electron chi connectivity index (χ3n) is 3.22. The summed E-state index contributed by atoms with van der Waals surface area (Å²) in [6, 6.07) is 9.07. The smallest absolute Gasteiger partial charge is 0.263 e. The Morgan fingerprint density at radius 3 is 2.43 bits per heavy atom. The predicted molar refractivity (Wildman–Crippen MR) is 84.9 cm³/mol. The van der Waals surface area contributed by atoms with E-state index >= 15 is 0 Å². The molecule has 0 spiro atoms. The maximum Gasteiger partial charge on any atom is 0.263 e. The van der Waals surface area contributed by atoms with Gasteiger partial charge in [0.15, 0.2) is 0 Å². The largest absolute Gasteiger partial charge is 0.363 e. The number of nitrogens with one attached hydrogen (secondary N) is 3. The van der Waals surface area contributed by atoms with Gasteiger partial charge in [0.05, 0.1) is 0 Å². The number of H-pyrrole nitrogens is 1. The first kappa shape index (κ1) is 15.6. The molecule has 0 atom stereocenters. The SMILES string of the molecule is CNCc1cc(S(=O)(=O)Nc2ccc(C(C)C)cc2)c[nH]1. The third kappa shape index (κ3) is 3.86. The molecule has 0 saturated carbocycles. The average molecular weight is 307 g/mol. The van der Waals surface area contributed by atoms with Crippen molar-refractivity contribution < 1.29 is 8.42 Å². The number of sulfonamides is 1. The van der Waals surface area contributed by atoms with Crippen molar-refractivity contribution in [2.45, 2.75) is 31.2 Å². The quantitative estimate of drug-likeness (QED) is 0.768. The summed E-state index contributed by atoms with van der Waals surface area (Å²) >= 11 is 0. The zero-order valence-corrected chi connectivity index (χ0v) is 13.3. The Bertz CT molecular complexity index is 688. The first-order valence-corrected chi connectivity index (χ1v) is 8.35. The molecule has 0 radical (unpaired) electrons. The van der Waals surface area contributed by atoms with Crippen LogP contribution in [0.15, 0.2) is 41.4 Å². The van der Waals surface area contributed by atoms with Crippen molar-refractivity contribution >= 4 is 15.7 Å². The van der Waals surface area contributed by atoms with Gasteiger partial charge >= 0.3 is 0 Å². The minimum absolute atomic E-state index is 0.237. The van der Waals surface area contributed by atoms with E-state index in [2.05, 4.69) is 28.9 Å². The number of aromatic nitrogens is 1. The van der Waals surface area contributed by atoms with Gasteiger partial charge in [0.2, 0.25) is 0 Å². The van der Waals surface area contributed by atoms with Crippen molar-refractivity contribution in [3.8, 4) is 0 Å². The van der Waals surface area contributed by atoms with Crippen molar-refractivity contribution in [3.63, 3.8) is 0 Å². The molecule has 0 amide bonds. The van der Waals surface area contributed by atoms with Crippen molar-refractivity contribution in [2.75, 3.05) is 11.8 Å². The first-order valence-electron chi connectivity index (χ1n) is 6.87. The number of hydrogen-bond acceptors (Lipinski definition) is 3. The van der Waals surface area contributed by atoms with Crippen LogP contribution in [0.1, 0.15) is 31.0 Å². The number of aromatic amines is 1. The summed E-state index contributed by atoms with van der Waals surface area (Å²) in [5.74, 6) is 0.421. The second-order valence-electron chi connectivity index (χ2n) is 5.27. The van der Waals surface area contributed by atoms with E-state index in [0.717, 1.165) is 5.69 Å². The van der Waals surface area contributed by atoms with E-state index in [-0.39, 0.29) is 4.90 Å². The van der Waals surface area contributed by atoms with Crippen LogP contribution in [0.4, 0.5) is 5.69 Å². The van der Waals surface area contributed by atoms with Crippen molar-refractivity contribution in [3.05, 3.63) is 47.8 Å². The standard InChI is InChI=1S/C15H21N3O2S/c1-11(2)12-4-6-13(7-5-12)18-21(19,20)15-8-14(9-16-3)17-10-15/h4-8,10-11,16-18H,9H2,1-3H3. The molecule has 5 nitrogen and oxygen atoms in total. The highest BCUT2D eigenvalue weighted by molar-refractivity contribution is 7.92. The lowest BCUT2D eigenvalue weighted by Gasteiger charge is -2.09. The maximum absolute atomic E-state index is 12.3. The minimum atomic E-state index is -3.55. The van der Waals surface area contributed by atoms with Gasteiger partial charge in [0.1, 0.15) is 4.90 Å². The molecule has 2 aromatic rings. The second-order valence-corrected chi connectivity index (χ2v) is 6.96. The molecule has 114 valence electrons. The fourth-order valence-corrected chi connectivity index (χ4v) is 3.09. The molecule has 2 rings (SSSR count). The number of hydrogen-bond donors (Lipinski definition) is 3. The fourth-order valence-electron chi connectivity index (χ4n) is 2.02. The lowest BCUT2D eigenvalue weighted by Crippen LogP contribution is -2.12. The van der Waals surface area contributed by atoms with E-state index in [1.54, 1.807) is 18.2 Å². The van der Waals surface area contributed by atoms with Gasteiger partial charge in [0.25, 0.3) is 10.0 Å². The van der Waals surface area contributed by atoms with E-state index in [4.69, 9.17) is 0 Å². The number of benzene rings is 1. The molecule has 0 unspecified atom stereocenters. The molecule has 0 aliphatic rings. The van der Waals surface area contributed by atoms with Gasteiger partial charge in [-0.25, -0.2) is 8.42 Å². The topological polar surface area (TPSA) is 74.0 Å². The predicted octanol–water partition coefficient (Wildman–Crippen LogP) is 2.66. The van der Waals surface area contributed by atoms with Gasteiger partial charge in [0, 0.05) is 24.1 Å². The molecular formula is C15H21N3O2S. The lowest BCUT2D eigenvalue weighted by atomic mass is 10.0. The Balaban J connectivity index is 2.16. The number of anilines is 1. The van der Waals surface area contributed by atoms with E-state index < -0.39 is 10.0 Å². The highest BCUT2D eigenvalue weighted by Gasteiger charge is 2.16. The van der Waals surface area contributed by atoms with Crippen molar-refractivity contribution in [1.29, 1.82) is 0 Å². The van der Waals surface area contributed by atoms with Gasteiger partial charge in [-0.15, -0.1) is 0 Å².